The summed E-state index contributed by atoms with van der Waals surface area (Å²) in [5.41, 5.74) is -0.107. The molecule has 0 saturated carbocycles. The van der Waals surface area contributed by atoms with Gasteiger partial charge < -0.3 is 15.0 Å². The van der Waals surface area contributed by atoms with Gasteiger partial charge in [-0.05, 0) is 20.8 Å². The highest BCUT2D eigenvalue weighted by Crippen LogP contribution is 2.18. The number of nitrogens with one attached hydrogen (secondary N) is 1. The maximum Gasteiger partial charge on any atom is 0.317 e. The van der Waals surface area contributed by atoms with Crippen LogP contribution in [0.2, 0.25) is 0 Å². The van der Waals surface area contributed by atoms with E-state index in [0.29, 0.717) is 19.5 Å². The molecule has 7 heteroatoms. The van der Waals surface area contributed by atoms with Crippen LogP contribution >= 0.6 is 0 Å². The van der Waals surface area contributed by atoms with Crippen molar-refractivity contribution >= 4 is 6.03 Å². The Morgan fingerprint density at radius 1 is 1.48 bits per heavy atom. The van der Waals surface area contributed by atoms with E-state index < -0.39 is 0 Å². The van der Waals surface area contributed by atoms with Crippen molar-refractivity contribution in [2.75, 3.05) is 13.1 Å². The number of hydrogen-bond donors (Lipinski definition) is 1. The molecule has 1 atom stereocenters. The number of likely N-dealkylation sites (tertiary alicyclic amines) is 1. The molecule has 0 radical (unpaired) electrons. The molecule has 1 fully saturated rings. The molecule has 1 N–H and O–H groups in total. The maximum absolute atomic E-state index is 12.1. The van der Waals surface area contributed by atoms with Crippen LogP contribution in [-0.4, -0.2) is 45.6 Å². The second kappa shape index (κ2) is 5.95. The highest BCUT2D eigenvalue weighted by molar-refractivity contribution is 5.75. The summed E-state index contributed by atoms with van der Waals surface area (Å²) in [5.74, 6) is 0.225. The van der Waals surface area contributed by atoms with Gasteiger partial charge in [-0.15, -0.1) is 0 Å². The number of amides is 2. The Hall–Kier alpha value is -2.36. The fourth-order valence-corrected chi connectivity index (χ4v) is 2.05. The molecule has 0 spiro atoms. The van der Waals surface area contributed by atoms with E-state index in [4.69, 9.17) is 10.00 Å². The zero-order valence-corrected chi connectivity index (χ0v) is 12.5. The molecule has 1 unspecified atom stereocenters. The molecule has 2 rings (SSSR count). The van der Waals surface area contributed by atoms with Gasteiger partial charge in [0.05, 0.1) is 6.54 Å². The third-order valence-corrected chi connectivity index (χ3v) is 2.96. The number of carbonyl (C=O) groups excluding carboxylic acids is 1. The first-order chi connectivity index (χ1) is 9.89. The van der Waals surface area contributed by atoms with Crippen molar-refractivity contribution in [3.63, 3.8) is 0 Å². The standard InChI is InChI=1S/C14H19N5O2/c1-14(2,3)18-13(20)19-7-4-10(9-19)21-12-11(8-15)16-5-6-17-12/h5-6,10H,4,7,9H2,1-3H3,(H,18,20). The first-order valence-electron chi connectivity index (χ1n) is 6.84. The molecule has 2 heterocycles. The lowest BCUT2D eigenvalue weighted by molar-refractivity contribution is 0.177. The number of urea groups is 1. The lowest BCUT2D eigenvalue weighted by Crippen LogP contribution is -2.48. The third kappa shape index (κ3) is 4.05. The Morgan fingerprint density at radius 2 is 2.19 bits per heavy atom. The smallest absolute Gasteiger partial charge is 0.317 e. The Bertz CT molecular complexity index is 561. The van der Waals surface area contributed by atoms with Gasteiger partial charge in [-0.2, -0.15) is 5.26 Å². The molecule has 1 aromatic rings. The zero-order valence-electron chi connectivity index (χ0n) is 12.5. The SMILES string of the molecule is CC(C)(C)NC(=O)N1CCC(Oc2nccnc2C#N)C1. The van der Waals surface area contributed by atoms with E-state index in [1.807, 2.05) is 26.8 Å². The lowest BCUT2D eigenvalue weighted by atomic mass is 10.1. The van der Waals surface area contributed by atoms with Gasteiger partial charge >= 0.3 is 6.03 Å². The van der Waals surface area contributed by atoms with Gasteiger partial charge in [0.15, 0.2) is 0 Å². The number of ether oxygens (including phenoxy) is 1. The van der Waals surface area contributed by atoms with Gasteiger partial charge in [0.25, 0.3) is 5.88 Å². The van der Waals surface area contributed by atoms with Crippen molar-refractivity contribution < 1.29 is 9.53 Å². The third-order valence-electron chi connectivity index (χ3n) is 2.96. The number of carbonyl (C=O) groups is 1. The van der Waals surface area contributed by atoms with Crippen LogP contribution in [0.4, 0.5) is 4.79 Å². The van der Waals surface area contributed by atoms with Crippen LogP contribution < -0.4 is 10.1 Å². The van der Waals surface area contributed by atoms with E-state index in [1.165, 1.54) is 12.4 Å². The fraction of sp³-hybridized carbons (Fsp3) is 0.571. The topological polar surface area (TPSA) is 91.1 Å². The molecule has 0 bridgehead atoms. The number of aromatic nitrogens is 2. The van der Waals surface area contributed by atoms with Gasteiger partial charge in [0, 0.05) is 30.9 Å². The van der Waals surface area contributed by atoms with Gasteiger partial charge in [0.2, 0.25) is 5.69 Å². The summed E-state index contributed by atoms with van der Waals surface area (Å²) in [6.45, 7) is 6.91. The molecule has 0 aromatic carbocycles. The molecule has 1 aliphatic rings. The van der Waals surface area contributed by atoms with Gasteiger partial charge in [0.1, 0.15) is 12.2 Å². The van der Waals surface area contributed by atoms with Crippen molar-refractivity contribution in [2.24, 2.45) is 0 Å². The van der Waals surface area contributed by atoms with E-state index in [2.05, 4.69) is 15.3 Å². The first-order valence-corrected chi connectivity index (χ1v) is 6.84. The lowest BCUT2D eigenvalue weighted by Gasteiger charge is -2.25. The van der Waals surface area contributed by atoms with Crippen molar-refractivity contribution in [2.45, 2.75) is 38.8 Å². The Kier molecular flexibility index (Phi) is 4.26. The van der Waals surface area contributed by atoms with E-state index in [0.717, 1.165) is 0 Å². The average Bonchev–Trinajstić information content (AvgIpc) is 2.86. The summed E-state index contributed by atoms with van der Waals surface area (Å²) >= 11 is 0. The molecule has 1 saturated heterocycles. The van der Waals surface area contributed by atoms with Gasteiger partial charge in [-0.25, -0.2) is 14.8 Å². The maximum atomic E-state index is 12.1. The van der Waals surface area contributed by atoms with Gasteiger partial charge in [-0.1, -0.05) is 0 Å². The van der Waals surface area contributed by atoms with E-state index in [9.17, 15) is 4.79 Å². The van der Waals surface area contributed by atoms with Crippen LogP contribution in [0.1, 0.15) is 32.9 Å². The Morgan fingerprint density at radius 3 is 2.86 bits per heavy atom. The van der Waals surface area contributed by atoms with Crippen LogP contribution in [-0.2, 0) is 0 Å². The van der Waals surface area contributed by atoms with E-state index in [-0.39, 0.29) is 29.2 Å². The fourth-order valence-electron chi connectivity index (χ4n) is 2.05. The predicted molar refractivity (Wildman–Crippen MR) is 75.6 cm³/mol. The summed E-state index contributed by atoms with van der Waals surface area (Å²) in [6, 6.07) is 1.84. The second-order valence-electron chi connectivity index (χ2n) is 5.98. The number of rotatable bonds is 2. The number of hydrogen-bond acceptors (Lipinski definition) is 5. The minimum atomic E-state index is -0.269. The summed E-state index contributed by atoms with van der Waals surface area (Å²) in [6.07, 6.45) is 3.47. The van der Waals surface area contributed by atoms with E-state index in [1.54, 1.807) is 4.90 Å². The molecule has 2 amide bonds. The summed E-state index contributed by atoms with van der Waals surface area (Å²) in [7, 11) is 0. The minimum Gasteiger partial charge on any atom is -0.470 e. The molecule has 112 valence electrons. The molecule has 1 aromatic heterocycles. The normalized spacial score (nSPS) is 18.2. The zero-order chi connectivity index (χ0) is 15.5. The molecule has 7 nitrogen and oxygen atoms in total. The van der Waals surface area contributed by atoms with Crippen molar-refractivity contribution in [3.8, 4) is 11.9 Å². The monoisotopic (exact) mass is 289 g/mol. The molecule has 21 heavy (non-hydrogen) atoms. The second-order valence-corrected chi connectivity index (χ2v) is 5.98. The van der Waals surface area contributed by atoms with Crippen LogP contribution in [0.5, 0.6) is 5.88 Å². The van der Waals surface area contributed by atoms with E-state index >= 15 is 0 Å². The predicted octanol–water partition coefficient (Wildman–Crippen LogP) is 1.31. The van der Waals surface area contributed by atoms with Crippen molar-refractivity contribution in [1.82, 2.24) is 20.2 Å². The molecular weight excluding hydrogens is 270 g/mol. The van der Waals surface area contributed by atoms with Crippen molar-refractivity contribution in [1.29, 1.82) is 5.26 Å². The van der Waals surface area contributed by atoms with Crippen LogP contribution in [0.15, 0.2) is 12.4 Å². The Labute approximate surface area is 123 Å². The quantitative estimate of drug-likeness (QED) is 0.886. The highest BCUT2D eigenvalue weighted by Gasteiger charge is 2.30. The number of nitriles is 1. The van der Waals surface area contributed by atoms with Crippen molar-refractivity contribution in [3.05, 3.63) is 18.1 Å². The summed E-state index contributed by atoms with van der Waals surface area (Å²) < 4.78 is 5.69. The summed E-state index contributed by atoms with van der Waals surface area (Å²) in [4.78, 5) is 21.7. The largest absolute Gasteiger partial charge is 0.470 e. The average molecular weight is 289 g/mol. The summed E-state index contributed by atoms with van der Waals surface area (Å²) in [5, 5.41) is 11.9. The highest BCUT2D eigenvalue weighted by atomic mass is 16.5. The Balaban J connectivity index is 1.94. The van der Waals surface area contributed by atoms with Gasteiger partial charge in [-0.3, -0.25) is 0 Å². The van der Waals surface area contributed by atoms with Crippen LogP contribution in [0, 0.1) is 11.3 Å². The molecule has 1 aliphatic heterocycles. The molecule has 0 aliphatic carbocycles. The minimum absolute atomic E-state index is 0.103. The van der Waals surface area contributed by atoms with Crippen LogP contribution in [0.3, 0.4) is 0 Å². The number of nitrogens with zero attached hydrogens (tertiary/aromatic N) is 4. The van der Waals surface area contributed by atoms with Crippen LogP contribution in [0.25, 0.3) is 0 Å². The molecular formula is C14H19N5O2. The first kappa shape index (κ1) is 15.0.